The molecule has 3 rings (SSSR count). The number of amides is 1. The van der Waals surface area contributed by atoms with Crippen molar-refractivity contribution in [3.8, 4) is 5.75 Å². The molecule has 5 heteroatoms. The summed E-state index contributed by atoms with van der Waals surface area (Å²) in [4.78, 5) is 12.3. The largest absolute Gasteiger partial charge is 0.497 e. The number of hydrogen-bond acceptors (Lipinski definition) is 4. The van der Waals surface area contributed by atoms with E-state index in [0.29, 0.717) is 19.8 Å². The summed E-state index contributed by atoms with van der Waals surface area (Å²) >= 11 is 0. The number of methoxy groups -OCH3 is 1. The van der Waals surface area contributed by atoms with Gasteiger partial charge in [-0.25, -0.2) is 0 Å². The Labute approximate surface area is 152 Å². The third kappa shape index (κ3) is 4.43. The third-order valence-electron chi connectivity index (χ3n) is 4.20. The maximum atomic E-state index is 12.3. The van der Waals surface area contributed by atoms with Gasteiger partial charge in [0.25, 0.3) is 0 Å². The summed E-state index contributed by atoms with van der Waals surface area (Å²) in [7, 11) is 1.61. The Bertz CT molecular complexity index is 867. The van der Waals surface area contributed by atoms with Crippen LogP contribution in [0.5, 0.6) is 5.75 Å². The van der Waals surface area contributed by atoms with Gasteiger partial charge in [0.05, 0.1) is 26.4 Å². The SMILES string of the molecule is CCOCc1ccc(CNC(=O)Cc2coc3cc(OC)ccc23)cc1. The molecule has 26 heavy (non-hydrogen) atoms. The van der Waals surface area contributed by atoms with E-state index in [2.05, 4.69) is 5.32 Å². The first-order chi connectivity index (χ1) is 12.7. The summed E-state index contributed by atoms with van der Waals surface area (Å²) < 4.78 is 16.1. The fraction of sp³-hybridized carbons (Fsp3) is 0.286. The number of ether oxygens (including phenoxy) is 2. The van der Waals surface area contributed by atoms with Gasteiger partial charge in [0, 0.05) is 30.2 Å². The summed E-state index contributed by atoms with van der Waals surface area (Å²) in [6.07, 6.45) is 1.91. The van der Waals surface area contributed by atoms with Crippen molar-refractivity contribution in [2.45, 2.75) is 26.5 Å². The zero-order valence-corrected chi connectivity index (χ0v) is 15.1. The quantitative estimate of drug-likeness (QED) is 0.668. The Balaban J connectivity index is 1.56. The molecule has 0 spiro atoms. The fourth-order valence-corrected chi connectivity index (χ4v) is 2.74. The molecule has 5 nitrogen and oxygen atoms in total. The first-order valence-corrected chi connectivity index (χ1v) is 8.66. The molecular formula is C21H23NO4. The molecule has 0 atom stereocenters. The second-order valence-electron chi connectivity index (χ2n) is 6.03. The molecule has 0 saturated heterocycles. The smallest absolute Gasteiger partial charge is 0.224 e. The lowest BCUT2D eigenvalue weighted by Gasteiger charge is -2.07. The predicted octanol–water partition coefficient (Wildman–Crippen LogP) is 3.84. The van der Waals surface area contributed by atoms with Crippen LogP contribution in [0.3, 0.4) is 0 Å². The topological polar surface area (TPSA) is 60.7 Å². The van der Waals surface area contributed by atoms with Crippen LogP contribution in [-0.4, -0.2) is 19.6 Å². The number of hydrogen-bond donors (Lipinski definition) is 1. The van der Waals surface area contributed by atoms with Gasteiger partial charge in [-0.05, 0) is 30.2 Å². The molecule has 0 bridgehead atoms. The van der Waals surface area contributed by atoms with E-state index in [9.17, 15) is 4.79 Å². The highest BCUT2D eigenvalue weighted by atomic mass is 16.5. The van der Waals surface area contributed by atoms with Gasteiger partial charge in [-0.1, -0.05) is 24.3 Å². The molecule has 0 aliphatic carbocycles. The zero-order chi connectivity index (χ0) is 18.4. The molecule has 0 radical (unpaired) electrons. The highest BCUT2D eigenvalue weighted by Gasteiger charge is 2.11. The lowest BCUT2D eigenvalue weighted by atomic mass is 10.1. The van der Waals surface area contributed by atoms with Crippen LogP contribution in [0, 0.1) is 0 Å². The van der Waals surface area contributed by atoms with Gasteiger partial charge in [-0.3, -0.25) is 4.79 Å². The van der Waals surface area contributed by atoms with E-state index in [0.717, 1.165) is 33.4 Å². The second-order valence-corrected chi connectivity index (χ2v) is 6.03. The summed E-state index contributed by atoms with van der Waals surface area (Å²) in [6.45, 7) is 3.79. The Hall–Kier alpha value is -2.79. The molecule has 1 heterocycles. The van der Waals surface area contributed by atoms with Gasteiger partial charge in [0.1, 0.15) is 11.3 Å². The van der Waals surface area contributed by atoms with Crippen LogP contribution >= 0.6 is 0 Å². The van der Waals surface area contributed by atoms with E-state index < -0.39 is 0 Å². The summed E-state index contributed by atoms with van der Waals surface area (Å²) in [5, 5.41) is 3.88. The molecule has 2 aromatic carbocycles. The van der Waals surface area contributed by atoms with Gasteiger partial charge < -0.3 is 19.2 Å². The highest BCUT2D eigenvalue weighted by molar-refractivity contribution is 5.88. The number of rotatable bonds is 8. The van der Waals surface area contributed by atoms with Crippen molar-refractivity contribution in [1.82, 2.24) is 5.32 Å². The summed E-state index contributed by atoms with van der Waals surface area (Å²) in [6, 6.07) is 13.7. The molecule has 0 fully saturated rings. The summed E-state index contributed by atoms with van der Waals surface area (Å²) in [5.74, 6) is 0.692. The number of carbonyl (C=O) groups is 1. The van der Waals surface area contributed by atoms with Gasteiger partial charge >= 0.3 is 0 Å². The molecular weight excluding hydrogens is 330 g/mol. The van der Waals surface area contributed by atoms with Crippen molar-refractivity contribution in [3.63, 3.8) is 0 Å². The average Bonchev–Trinajstić information content (AvgIpc) is 3.07. The van der Waals surface area contributed by atoms with Gasteiger partial charge in [0.15, 0.2) is 0 Å². The Morgan fingerprint density at radius 1 is 1.12 bits per heavy atom. The van der Waals surface area contributed by atoms with Gasteiger partial charge in [-0.2, -0.15) is 0 Å². The maximum absolute atomic E-state index is 12.3. The summed E-state index contributed by atoms with van der Waals surface area (Å²) in [5.41, 5.74) is 3.77. The van der Waals surface area contributed by atoms with E-state index in [1.54, 1.807) is 13.4 Å². The standard InChI is InChI=1S/C21H23NO4/c1-3-25-13-16-6-4-15(5-7-16)12-22-21(23)10-17-14-26-20-11-18(24-2)8-9-19(17)20/h4-9,11,14H,3,10,12-13H2,1-2H3,(H,22,23). The molecule has 0 aliphatic rings. The number of nitrogens with one attached hydrogen (secondary N) is 1. The first kappa shape index (κ1) is 18.0. The Kier molecular flexibility index (Phi) is 5.92. The van der Waals surface area contributed by atoms with Crippen molar-refractivity contribution in [3.05, 3.63) is 65.4 Å². The van der Waals surface area contributed by atoms with Crippen molar-refractivity contribution in [2.75, 3.05) is 13.7 Å². The van der Waals surface area contributed by atoms with Crippen LogP contribution in [0.4, 0.5) is 0 Å². The van der Waals surface area contributed by atoms with E-state index in [1.807, 2.05) is 49.4 Å². The van der Waals surface area contributed by atoms with E-state index in [-0.39, 0.29) is 12.3 Å². The predicted molar refractivity (Wildman–Crippen MR) is 100 cm³/mol. The monoisotopic (exact) mass is 353 g/mol. The molecule has 1 N–H and O–H groups in total. The molecule has 0 unspecified atom stereocenters. The van der Waals surface area contributed by atoms with Crippen LogP contribution in [0.2, 0.25) is 0 Å². The first-order valence-electron chi connectivity index (χ1n) is 8.66. The molecule has 3 aromatic rings. The van der Waals surface area contributed by atoms with Crippen LogP contribution in [0.1, 0.15) is 23.6 Å². The van der Waals surface area contributed by atoms with Crippen molar-refractivity contribution >= 4 is 16.9 Å². The van der Waals surface area contributed by atoms with Gasteiger partial charge in [0.2, 0.25) is 5.91 Å². The number of benzene rings is 2. The number of furan rings is 1. The zero-order valence-electron chi connectivity index (χ0n) is 15.1. The Morgan fingerprint density at radius 2 is 1.88 bits per heavy atom. The number of carbonyl (C=O) groups excluding carboxylic acids is 1. The minimum absolute atomic E-state index is 0.0399. The van der Waals surface area contributed by atoms with Gasteiger partial charge in [-0.15, -0.1) is 0 Å². The van der Waals surface area contributed by atoms with Crippen LogP contribution in [0.25, 0.3) is 11.0 Å². The fourth-order valence-electron chi connectivity index (χ4n) is 2.74. The minimum Gasteiger partial charge on any atom is -0.497 e. The molecule has 136 valence electrons. The molecule has 0 aliphatic heterocycles. The van der Waals surface area contributed by atoms with E-state index in [4.69, 9.17) is 13.9 Å². The van der Waals surface area contributed by atoms with Crippen LogP contribution in [0.15, 0.2) is 53.1 Å². The van der Waals surface area contributed by atoms with Crippen molar-refractivity contribution in [1.29, 1.82) is 0 Å². The van der Waals surface area contributed by atoms with Crippen molar-refractivity contribution in [2.24, 2.45) is 0 Å². The third-order valence-corrected chi connectivity index (χ3v) is 4.20. The lowest BCUT2D eigenvalue weighted by Crippen LogP contribution is -2.24. The van der Waals surface area contributed by atoms with E-state index in [1.165, 1.54) is 0 Å². The van der Waals surface area contributed by atoms with Crippen LogP contribution in [-0.2, 0) is 29.1 Å². The van der Waals surface area contributed by atoms with Crippen molar-refractivity contribution < 1.29 is 18.7 Å². The number of fused-ring (bicyclic) bond motifs is 1. The minimum atomic E-state index is -0.0399. The highest BCUT2D eigenvalue weighted by Crippen LogP contribution is 2.25. The lowest BCUT2D eigenvalue weighted by molar-refractivity contribution is -0.120. The molecule has 0 saturated carbocycles. The molecule has 1 amide bonds. The Morgan fingerprint density at radius 3 is 2.62 bits per heavy atom. The van der Waals surface area contributed by atoms with E-state index >= 15 is 0 Å². The van der Waals surface area contributed by atoms with Crippen LogP contribution < -0.4 is 10.1 Å². The average molecular weight is 353 g/mol. The molecule has 1 aromatic heterocycles. The maximum Gasteiger partial charge on any atom is 0.224 e. The second kappa shape index (κ2) is 8.54. The normalized spacial score (nSPS) is 10.8.